The number of carbonyl (C=O) groups is 1. The Labute approximate surface area is 145 Å². The number of hydrogen-bond acceptors (Lipinski definition) is 4. The maximum Gasteiger partial charge on any atom is 0.272 e. The summed E-state index contributed by atoms with van der Waals surface area (Å²) < 4.78 is 7.52. The van der Waals surface area contributed by atoms with Crippen molar-refractivity contribution in [2.45, 2.75) is 45.4 Å². The SMILES string of the molecule is C[C@@H]1Cc2c(nn(C)c2C(=O)N2CCc3[nH]c(=O)ccc3C2)[C@H](C)O1. The van der Waals surface area contributed by atoms with Crippen LogP contribution >= 0.6 is 0 Å². The minimum atomic E-state index is -0.0985. The summed E-state index contributed by atoms with van der Waals surface area (Å²) in [4.78, 5) is 29.4. The summed E-state index contributed by atoms with van der Waals surface area (Å²) in [5.74, 6) is -0.00519. The lowest BCUT2D eigenvalue weighted by molar-refractivity contribution is -0.00714. The number of aromatic nitrogens is 3. The first-order chi connectivity index (χ1) is 11.9. The molecule has 25 heavy (non-hydrogen) atoms. The maximum atomic E-state index is 13.2. The Morgan fingerprint density at radius 2 is 2.16 bits per heavy atom. The number of H-pyrrole nitrogens is 1. The monoisotopic (exact) mass is 342 g/mol. The minimum Gasteiger partial charge on any atom is -0.369 e. The number of aryl methyl sites for hydroxylation is 1. The van der Waals surface area contributed by atoms with Crippen LogP contribution in [-0.2, 0) is 31.2 Å². The van der Waals surface area contributed by atoms with E-state index in [-0.39, 0.29) is 23.7 Å². The van der Waals surface area contributed by atoms with E-state index >= 15 is 0 Å². The van der Waals surface area contributed by atoms with Crippen molar-refractivity contribution in [3.8, 4) is 0 Å². The van der Waals surface area contributed by atoms with Gasteiger partial charge in [-0.3, -0.25) is 14.3 Å². The van der Waals surface area contributed by atoms with Crippen molar-refractivity contribution in [1.29, 1.82) is 0 Å². The number of aromatic amines is 1. The van der Waals surface area contributed by atoms with E-state index in [1.807, 2.05) is 31.9 Å². The number of nitrogens with one attached hydrogen (secondary N) is 1. The van der Waals surface area contributed by atoms with Crippen LogP contribution in [0, 0.1) is 0 Å². The van der Waals surface area contributed by atoms with Gasteiger partial charge in [-0.1, -0.05) is 6.07 Å². The molecule has 7 nitrogen and oxygen atoms in total. The van der Waals surface area contributed by atoms with Crippen molar-refractivity contribution in [2.75, 3.05) is 6.54 Å². The van der Waals surface area contributed by atoms with Gasteiger partial charge in [0.15, 0.2) is 0 Å². The Hall–Kier alpha value is -2.41. The molecule has 2 aromatic rings. The Morgan fingerprint density at radius 3 is 2.96 bits per heavy atom. The van der Waals surface area contributed by atoms with E-state index in [1.165, 1.54) is 6.07 Å². The number of hydrogen-bond donors (Lipinski definition) is 1. The van der Waals surface area contributed by atoms with Gasteiger partial charge in [-0.2, -0.15) is 5.10 Å². The highest BCUT2D eigenvalue weighted by Gasteiger charge is 2.33. The second-order valence-corrected chi connectivity index (χ2v) is 6.93. The first-order valence-corrected chi connectivity index (χ1v) is 8.65. The van der Waals surface area contributed by atoms with E-state index < -0.39 is 0 Å². The lowest BCUT2D eigenvalue weighted by Gasteiger charge is -2.29. The highest BCUT2D eigenvalue weighted by atomic mass is 16.5. The number of carbonyl (C=O) groups excluding carboxylic acids is 1. The van der Waals surface area contributed by atoms with Gasteiger partial charge in [0.25, 0.3) is 5.91 Å². The summed E-state index contributed by atoms with van der Waals surface area (Å²) in [7, 11) is 1.82. The molecule has 2 atom stereocenters. The molecule has 2 aliphatic rings. The average Bonchev–Trinajstić information content (AvgIpc) is 2.90. The molecule has 0 bridgehead atoms. The molecule has 4 rings (SSSR count). The highest BCUT2D eigenvalue weighted by molar-refractivity contribution is 5.94. The molecule has 1 N–H and O–H groups in total. The molecular weight excluding hydrogens is 320 g/mol. The highest BCUT2D eigenvalue weighted by Crippen LogP contribution is 2.32. The lowest BCUT2D eigenvalue weighted by Crippen LogP contribution is -2.38. The zero-order valence-corrected chi connectivity index (χ0v) is 14.7. The fraction of sp³-hybridized carbons (Fsp3) is 0.500. The molecule has 0 aromatic carbocycles. The maximum absolute atomic E-state index is 13.2. The zero-order chi connectivity index (χ0) is 17.7. The molecule has 4 heterocycles. The second-order valence-electron chi connectivity index (χ2n) is 6.93. The first-order valence-electron chi connectivity index (χ1n) is 8.65. The minimum absolute atomic E-state index is 0.00519. The number of ether oxygens (including phenoxy) is 1. The van der Waals surface area contributed by atoms with Crippen LogP contribution in [0.2, 0.25) is 0 Å². The molecule has 7 heteroatoms. The van der Waals surface area contributed by atoms with Crippen LogP contribution in [0.1, 0.15) is 53.0 Å². The summed E-state index contributed by atoms with van der Waals surface area (Å²) in [5, 5.41) is 4.54. The zero-order valence-electron chi connectivity index (χ0n) is 14.7. The van der Waals surface area contributed by atoms with Crippen molar-refractivity contribution in [1.82, 2.24) is 19.7 Å². The molecule has 2 aromatic heterocycles. The van der Waals surface area contributed by atoms with Crippen LogP contribution in [-0.4, -0.2) is 38.2 Å². The Kier molecular flexibility index (Phi) is 3.76. The summed E-state index contributed by atoms with van der Waals surface area (Å²) in [5.41, 5.74) is 4.36. The Balaban J connectivity index is 1.66. The molecule has 0 radical (unpaired) electrons. The smallest absolute Gasteiger partial charge is 0.272 e. The van der Waals surface area contributed by atoms with Gasteiger partial charge >= 0.3 is 0 Å². The van der Waals surface area contributed by atoms with Crippen LogP contribution in [0.15, 0.2) is 16.9 Å². The van der Waals surface area contributed by atoms with Gasteiger partial charge in [-0.05, 0) is 19.4 Å². The van der Waals surface area contributed by atoms with Gasteiger partial charge in [-0.15, -0.1) is 0 Å². The molecule has 0 saturated heterocycles. The van der Waals surface area contributed by atoms with Crippen LogP contribution in [0.5, 0.6) is 0 Å². The van der Waals surface area contributed by atoms with Gasteiger partial charge in [0.1, 0.15) is 5.69 Å². The lowest BCUT2D eigenvalue weighted by atomic mass is 9.98. The third-order valence-electron chi connectivity index (χ3n) is 5.07. The van der Waals surface area contributed by atoms with Crippen LogP contribution in [0.3, 0.4) is 0 Å². The number of rotatable bonds is 1. The second kappa shape index (κ2) is 5.84. The van der Waals surface area contributed by atoms with E-state index in [9.17, 15) is 9.59 Å². The van der Waals surface area contributed by atoms with Crippen molar-refractivity contribution in [3.63, 3.8) is 0 Å². The van der Waals surface area contributed by atoms with E-state index in [1.54, 1.807) is 4.68 Å². The molecule has 0 fully saturated rings. The van der Waals surface area contributed by atoms with Gasteiger partial charge in [0.2, 0.25) is 5.56 Å². The fourth-order valence-corrected chi connectivity index (χ4v) is 3.91. The Bertz CT molecular complexity index is 898. The van der Waals surface area contributed by atoms with Crippen LogP contribution in [0.25, 0.3) is 0 Å². The van der Waals surface area contributed by atoms with Crippen molar-refractivity contribution >= 4 is 5.91 Å². The van der Waals surface area contributed by atoms with E-state index in [2.05, 4.69) is 10.1 Å². The summed E-state index contributed by atoms with van der Waals surface area (Å²) in [6, 6.07) is 3.32. The normalized spacial score (nSPS) is 22.4. The van der Waals surface area contributed by atoms with Gasteiger partial charge in [0.05, 0.1) is 17.9 Å². The fourth-order valence-electron chi connectivity index (χ4n) is 3.91. The van der Waals surface area contributed by atoms with E-state index in [4.69, 9.17) is 4.74 Å². The van der Waals surface area contributed by atoms with E-state index in [0.29, 0.717) is 31.6 Å². The van der Waals surface area contributed by atoms with Crippen molar-refractivity contribution in [2.24, 2.45) is 7.05 Å². The predicted molar refractivity (Wildman–Crippen MR) is 91.4 cm³/mol. The van der Waals surface area contributed by atoms with Gasteiger partial charge in [-0.25, -0.2) is 0 Å². The van der Waals surface area contributed by atoms with Gasteiger partial charge < -0.3 is 14.6 Å². The largest absolute Gasteiger partial charge is 0.369 e. The average molecular weight is 342 g/mol. The standard InChI is InChI=1S/C18H22N4O3/c1-10-8-13-16(11(2)25-10)20-21(3)17(13)18(24)22-7-6-14-12(9-22)4-5-15(23)19-14/h4-5,10-11H,6-9H2,1-3H3,(H,19,23)/t10-,11+/m1/s1. The number of pyridine rings is 1. The van der Waals surface area contributed by atoms with Gasteiger partial charge in [0, 0.05) is 50.3 Å². The van der Waals surface area contributed by atoms with Crippen LogP contribution in [0.4, 0.5) is 0 Å². The first kappa shape index (κ1) is 16.1. The summed E-state index contributed by atoms with van der Waals surface area (Å²) in [6.07, 6.45) is 1.34. The third kappa shape index (κ3) is 2.68. The molecule has 1 amide bonds. The molecule has 132 valence electrons. The topological polar surface area (TPSA) is 80.2 Å². The van der Waals surface area contributed by atoms with E-state index in [0.717, 1.165) is 22.5 Å². The summed E-state index contributed by atoms with van der Waals surface area (Å²) in [6.45, 7) is 5.09. The molecule has 0 saturated carbocycles. The molecular formula is C18H22N4O3. The molecule has 0 unspecified atom stereocenters. The van der Waals surface area contributed by atoms with Crippen molar-refractivity contribution in [3.05, 3.63) is 50.7 Å². The molecule has 2 aliphatic heterocycles. The third-order valence-corrected chi connectivity index (χ3v) is 5.07. The predicted octanol–water partition coefficient (Wildman–Crippen LogP) is 1.33. The number of nitrogens with zero attached hydrogens (tertiary/aromatic N) is 3. The Morgan fingerprint density at radius 1 is 1.36 bits per heavy atom. The number of amides is 1. The number of fused-ring (bicyclic) bond motifs is 2. The molecule has 0 aliphatic carbocycles. The van der Waals surface area contributed by atoms with Crippen molar-refractivity contribution < 1.29 is 9.53 Å². The quantitative estimate of drug-likeness (QED) is 0.848. The van der Waals surface area contributed by atoms with Crippen LogP contribution < -0.4 is 5.56 Å². The summed E-state index contributed by atoms with van der Waals surface area (Å²) >= 11 is 0. The molecule has 0 spiro atoms.